The number of hydrogen-bond acceptors (Lipinski definition) is 5. The Bertz CT molecular complexity index is 1620. The normalized spacial score (nSPS) is 17.4. The van der Waals surface area contributed by atoms with Gasteiger partial charge in [0.15, 0.2) is 0 Å². The van der Waals surface area contributed by atoms with E-state index in [-0.39, 0.29) is 22.9 Å². The highest BCUT2D eigenvalue weighted by atomic mass is 35.5. The Morgan fingerprint density at radius 2 is 1.67 bits per heavy atom. The van der Waals surface area contributed by atoms with Crippen molar-refractivity contribution in [2.24, 2.45) is 0 Å². The van der Waals surface area contributed by atoms with E-state index >= 15 is 0 Å². The average molecular weight is 609 g/mol. The Balaban J connectivity index is 1.47. The van der Waals surface area contributed by atoms with Crippen LogP contribution in [0.1, 0.15) is 36.0 Å². The first-order chi connectivity index (χ1) is 20.1. The van der Waals surface area contributed by atoms with Crippen LogP contribution in [0.25, 0.3) is 0 Å². The number of sulfonamides is 1. The zero-order chi connectivity index (χ0) is 30.0. The Kier molecular flexibility index (Phi) is 8.56. The molecule has 11 heteroatoms. The number of nitrogens with zero attached hydrogens (tertiary/aromatic N) is 2. The third kappa shape index (κ3) is 6.00. The highest BCUT2D eigenvalue weighted by Crippen LogP contribution is 2.38. The van der Waals surface area contributed by atoms with Gasteiger partial charge in [0.1, 0.15) is 12.1 Å². The van der Waals surface area contributed by atoms with Crippen LogP contribution < -0.4 is 14.9 Å². The molecule has 2 aliphatic heterocycles. The second-order valence-electron chi connectivity index (χ2n) is 10.7. The van der Waals surface area contributed by atoms with Gasteiger partial charge >= 0.3 is 0 Å². The molecule has 9 nitrogen and oxygen atoms in total. The second-order valence-corrected chi connectivity index (χ2v) is 12.9. The number of nitrogens with one attached hydrogen (secondary N) is 2. The smallest absolute Gasteiger partial charge is 0.265 e. The van der Waals surface area contributed by atoms with Crippen molar-refractivity contribution in [2.75, 3.05) is 22.7 Å². The molecule has 42 heavy (non-hydrogen) atoms. The fourth-order valence-electron chi connectivity index (χ4n) is 5.51. The van der Waals surface area contributed by atoms with Gasteiger partial charge in [-0.1, -0.05) is 54.1 Å². The van der Waals surface area contributed by atoms with Crippen LogP contribution in [0, 0.1) is 13.8 Å². The van der Waals surface area contributed by atoms with E-state index in [2.05, 4.69) is 10.6 Å². The first-order valence-corrected chi connectivity index (χ1v) is 15.7. The van der Waals surface area contributed by atoms with E-state index in [0.29, 0.717) is 34.9 Å². The average Bonchev–Trinajstić information content (AvgIpc) is 3.50. The lowest BCUT2D eigenvalue weighted by Crippen LogP contribution is -2.55. The molecule has 3 aromatic carbocycles. The molecule has 0 radical (unpaired) electrons. The van der Waals surface area contributed by atoms with Gasteiger partial charge < -0.3 is 15.5 Å². The Labute approximate surface area is 250 Å². The lowest BCUT2D eigenvalue weighted by molar-refractivity contribution is -0.135. The van der Waals surface area contributed by atoms with Crippen molar-refractivity contribution in [3.8, 4) is 0 Å². The SMILES string of the molecule is Cc1cc(S(=O)(=O)N2c3ccccc3NC(=O)C2CC(=O)NC(Cc2ccccc2)C(=O)N2CCCC2)c(C)cc1Cl. The van der Waals surface area contributed by atoms with E-state index in [4.69, 9.17) is 11.6 Å². The largest absolute Gasteiger partial charge is 0.344 e. The van der Waals surface area contributed by atoms with Crippen LogP contribution in [-0.4, -0.2) is 56.2 Å². The van der Waals surface area contributed by atoms with Gasteiger partial charge in [0.25, 0.3) is 10.0 Å². The zero-order valence-corrected chi connectivity index (χ0v) is 25.0. The van der Waals surface area contributed by atoms with Gasteiger partial charge in [0.2, 0.25) is 17.7 Å². The van der Waals surface area contributed by atoms with Crippen LogP contribution >= 0.6 is 11.6 Å². The van der Waals surface area contributed by atoms with E-state index in [0.717, 1.165) is 22.7 Å². The molecule has 3 aromatic rings. The van der Waals surface area contributed by atoms with Crippen molar-refractivity contribution in [1.29, 1.82) is 0 Å². The number of para-hydroxylation sites is 2. The van der Waals surface area contributed by atoms with Gasteiger partial charge in [-0.15, -0.1) is 0 Å². The van der Waals surface area contributed by atoms with Gasteiger partial charge in [-0.05, 0) is 67.6 Å². The summed E-state index contributed by atoms with van der Waals surface area (Å²) in [5.41, 5.74) is 2.41. The molecule has 1 fully saturated rings. The van der Waals surface area contributed by atoms with E-state index in [1.54, 1.807) is 49.1 Å². The second kappa shape index (κ2) is 12.1. The summed E-state index contributed by atoms with van der Waals surface area (Å²) in [6.07, 6.45) is 1.59. The zero-order valence-electron chi connectivity index (χ0n) is 23.5. The first-order valence-electron chi connectivity index (χ1n) is 13.9. The number of halogens is 1. The molecular formula is C31H33ClN4O5S. The highest BCUT2D eigenvalue weighted by molar-refractivity contribution is 7.93. The van der Waals surface area contributed by atoms with Crippen molar-refractivity contribution in [3.63, 3.8) is 0 Å². The van der Waals surface area contributed by atoms with Crippen molar-refractivity contribution >= 4 is 50.7 Å². The summed E-state index contributed by atoms with van der Waals surface area (Å²) >= 11 is 6.25. The Hall–Kier alpha value is -3.89. The molecule has 0 spiro atoms. The fourth-order valence-corrected chi connectivity index (χ4v) is 7.65. The van der Waals surface area contributed by atoms with Crippen molar-refractivity contribution in [1.82, 2.24) is 10.2 Å². The summed E-state index contributed by atoms with van der Waals surface area (Å²) in [6, 6.07) is 16.7. The van der Waals surface area contributed by atoms with E-state index in [1.165, 1.54) is 6.07 Å². The van der Waals surface area contributed by atoms with Gasteiger partial charge in [0.05, 0.1) is 22.7 Å². The number of aryl methyl sites for hydroxylation is 2. The summed E-state index contributed by atoms with van der Waals surface area (Å²) in [5.74, 6) is -1.44. The van der Waals surface area contributed by atoms with Crippen molar-refractivity contribution in [3.05, 3.63) is 88.4 Å². The van der Waals surface area contributed by atoms with Crippen LogP contribution in [0.3, 0.4) is 0 Å². The molecule has 5 rings (SSSR count). The maximum absolute atomic E-state index is 14.2. The number of amides is 3. The number of carbonyl (C=O) groups excluding carboxylic acids is 3. The minimum Gasteiger partial charge on any atom is -0.344 e. The van der Waals surface area contributed by atoms with Crippen LogP contribution in [0.15, 0.2) is 71.6 Å². The maximum Gasteiger partial charge on any atom is 0.265 e. The molecule has 2 heterocycles. The number of likely N-dealkylation sites (tertiary alicyclic amines) is 1. The molecule has 0 aliphatic carbocycles. The number of hydrogen-bond donors (Lipinski definition) is 2. The summed E-state index contributed by atoms with van der Waals surface area (Å²) < 4.78 is 29.5. The standard InChI is InChI=1S/C31H33ClN4O5S/c1-20-17-28(21(2)16-23(20)32)42(40,41)36-26-13-7-6-12-24(26)34-30(38)27(36)19-29(37)33-25(18-22-10-4-3-5-11-22)31(39)35-14-8-9-15-35/h3-7,10-13,16-17,25,27H,8-9,14-15,18-19H2,1-2H3,(H,33,37)(H,34,38). The van der Waals surface area contributed by atoms with Gasteiger partial charge in [-0.2, -0.15) is 0 Å². The molecule has 0 aromatic heterocycles. The van der Waals surface area contributed by atoms with Crippen LogP contribution in [0.4, 0.5) is 11.4 Å². The van der Waals surface area contributed by atoms with Crippen LogP contribution in [0.2, 0.25) is 5.02 Å². The summed E-state index contributed by atoms with van der Waals surface area (Å²) in [5, 5.41) is 5.99. The summed E-state index contributed by atoms with van der Waals surface area (Å²) in [4.78, 5) is 42.1. The Morgan fingerprint density at radius 3 is 2.38 bits per heavy atom. The van der Waals surface area contributed by atoms with Crippen LogP contribution in [0.5, 0.6) is 0 Å². The summed E-state index contributed by atoms with van der Waals surface area (Å²) in [7, 11) is -4.32. The van der Waals surface area contributed by atoms with Crippen molar-refractivity contribution < 1.29 is 22.8 Å². The number of benzene rings is 3. The molecule has 0 saturated carbocycles. The third-order valence-corrected chi connectivity index (χ3v) is 10.1. The minimum atomic E-state index is -4.32. The van der Waals surface area contributed by atoms with Crippen LogP contribution in [-0.2, 0) is 30.8 Å². The molecular weight excluding hydrogens is 576 g/mol. The highest BCUT2D eigenvalue weighted by Gasteiger charge is 2.43. The lowest BCUT2D eigenvalue weighted by atomic mass is 10.0. The topological polar surface area (TPSA) is 116 Å². The van der Waals surface area contributed by atoms with E-state index < -0.39 is 40.3 Å². The van der Waals surface area contributed by atoms with E-state index in [1.807, 2.05) is 30.3 Å². The predicted molar refractivity (Wildman–Crippen MR) is 162 cm³/mol. The number of carbonyl (C=O) groups is 3. The Morgan fingerprint density at radius 1 is 1.00 bits per heavy atom. The van der Waals surface area contributed by atoms with Gasteiger partial charge in [-0.25, -0.2) is 8.42 Å². The number of fused-ring (bicyclic) bond motifs is 1. The van der Waals surface area contributed by atoms with Crippen molar-refractivity contribution in [2.45, 2.75) is 56.5 Å². The molecule has 2 N–H and O–H groups in total. The van der Waals surface area contributed by atoms with Gasteiger partial charge in [0, 0.05) is 24.5 Å². The maximum atomic E-state index is 14.2. The quantitative estimate of drug-likeness (QED) is 0.397. The molecule has 0 bridgehead atoms. The minimum absolute atomic E-state index is 0.00882. The molecule has 3 amide bonds. The van der Waals surface area contributed by atoms with E-state index in [9.17, 15) is 22.8 Å². The first kappa shape index (κ1) is 29.6. The molecule has 2 atom stereocenters. The number of rotatable bonds is 8. The third-order valence-electron chi connectivity index (χ3n) is 7.69. The van der Waals surface area contributed by atoms with Gasteiger partial charge in [-0.3, -0.25) is 18.7 Å². The predicted octanol–water partition coefficient (Wildman–Crippen LogP) is 4.21. The molecule has 220 valence electrons. The number of anilines is 2. The monoisotopic (exact) mass is 608 g/mol. The molecule has 1 saturated heterocycles. The molecule has 2 aliphatic rings. The fraction of sp³-hybridized carbons (Fsp3) is 0.323. The molecule has 2 unspecified atom stereocenters. The summed E-state index contributed by atoms with van der Waals surface area (Å²) in [6.45, 7) is 4.57. The lowest BCUT2D eigenvalue weighted by Gasteiger charge is -2.37.